The number of hydrogen-bond donors (Lipinski definition) is 1. The predicted molar refractivity (Wildman–Crippen MR) is 77.1 cm³/mol. The number of esters is 1. The summed E-state index contributed by atoms with van der Waals surface area (Å²) in [5.74, 6) is 0.377. The van der Waals surface area contributed by atoms with Crippen molar-refractivity contribution < 1.29 is 24.1 Å². The fraction of sp³-hybridized carbons (Fsp3) is 0.562. The van der Waals surface area contributed by atoms with Gasteiger partial charge >= 0.3 is 5.97 Å². The summed E-state index contributed by atoms with van der Waals surface area (Å²) in [7, 11) is 0. The summed E-state index contributed by atoms with van der Waals surface area (Å²) in [5.41, 5.74) is 0.962. The summed E-state index contributed by atoms with van der Waals surface area (Å²) in [4.78, 5) is 11.3. The highest BCUT2D eigenvalue weighted by Gasteiger charge is 2.40. The predicted octanol–water partition coefficient (Wildman–Crippen LogP) is 2.64. The van der Waals surface area contributed by atoms with Gasteiger partial charge in [0.1, 0.15) is 0 Å². The summed E-state index contributed by atoms with van der Waals surface area (Å²) in [6, 6.07) is 5.09. The number of ether oxygens (including phenoxy) is 3. The lowest BCUT2D eigenvalue weighted by molar-refractivity contribution is -0.220. The Hall–Kier alpha value is -1.75. The van der Waals surface area contributed by atoms with E-state index in [0.717, 1.165) is 5.56 Å². The zero-order chi connectivity index (χ0) is 15.6. The molecule has 5 heteroatoms. The largest absolute Gasteiger partial charge is 0.504 e. The van der Waals surface area contributed by atoms with Crippen LogP contribution in [0.2, 0.25) is 0 Å². The topological polar surface area (TPSA) is 65.0 Å². The molecule has 0 aliphatic carbocycles. The van der Waals surface area contributed by atoms with Crippen LogP contribution in [0, 0.1) is 18.8 Å². The van der Waals surface area contributed by atoms with Crippen molar-refractivity contribution in [3.63, 3.8) is 0 Å². The first kappa shape index (κ1) is 15.6. The van der Waals surface area contributed by atoms with Gasteiger partial charge in [0.15, 0.2) is 17.6 Å². The van der Waals surface area contributed by atoms with Crippen LogP contribution in [0.4, 0.5) is 0 Å². The Morgan fingerprint density at radius 2 is 2.10 bits per heavy atom. The van der Waals surface area contributed by atoms with E-state index in [1.807, 2.05) is 20.8 Å². The number of phenols is 1. The summed E-state index contributed by atoms with van der Waals surface area (Å²) in [6.07, 6.45) is -1.21. The summed E-state index contributed by atoms with van der Waals surface area (Å²) in [5, 5.41) is 9.86. The van der Waals surface area contributed by atoms with E-state index in [1.165, 1.54) is 6.92 Å². The second-order valence-corrected chi connectivity index (χ2v) is 5.70. The Kier molecular flexibility index (Phi) is 4.73. The minimum atomic E-state index is -0.715. The van der Waals surface area contributed by atoms with Gasteiger partial charge in [0.25, 0.3) is 0 Å². The molecule has 21 heavy (non-hydrogen) atoms. The van der Waals surface area contributed by atoms with Gasteiger partial charge in [0.2, 0.25) is 6.29 Å². The number of phenolic OH excluding ortho intramolecular Hbond substituents is 1. The molecule has 0 unspecified atom stereocenters. The van der Waals surface area contributed by atoms with E-state index in [1.54, 1.807) is 18.2 Å². The highest BCUT2D eigenvalue weighted by atomic mass is 16.7. The lowest BCUT2D eigenvalue weighted by Crippen LogP contribution is -2.49. The van der Waals surface area contributed by atoms with E-state index in [4.69, 9.17) is 14.2 Å². The van der Waals surface area contributed by atoms with Gasteiger partial charge in [-0.3, -0.25) is 4.79 Å². The lowest BCUT2D eigenvalue weighted by Gasteiger charge is -2.39. The van der Waals surface area contributed by atoms with Crippen LogP contribution in [0.15, 0.2) is 18.2 Å². The van der Waals surface area contributed by atoms with Crippen molar-refractivity contribution in [2.45, 2.75) is 40.1 Å². The molecule has 1 aliphatic heterocycles. The lowest BCUT2D eigenvalue weighted by atomic mass is 9.88. The molecule has 1 heterocycles. The molecule has 0 radical (unpaired) electrons. The Balaban J connectivity index is 2.19. The van der Waals surface area contributed by atoms with Gasteiger partial charge in [-0.1, -0.05) is 19.9 Å². The van der Waals surface area contributed by atoms with Crippen LogP contribution < -0.4 is 4.74 Å². The fourth-order valence-electron chi connectivity index (χ4n) is 2.36. The minimum absolute atomic E-state index is 0.0389. The number of carbonyl (C=O) groups excluding carboxylic acids is 1. The molecule has 5 nitrogen and oxygen atoms in total. The molecular formula is C16H22O5. The van der Waals surface area contributed by atoms with E-state index in [-0.39, 0.29) is 23.6 Å². The van der Waals surface area contributed by atoms with E-state index in [9.17, 15) is 9.90 Å². The van der Waals surface area contributed by atoms with Crippen LogP contribution in [0.25, 0.3) is 0 Å². The van der Waals surface area contributed by atoms with Crippen molar-refractivity contribution in [2.75, 3.05) is 6.61 Å². The smallest absolute Gasteiger partial charge is 0.303 e. The molecule has 1 N–H and O–H groups in total. The Labute approximate surface area is 124 Å². The number of aromatic hydroxyl groups is 1. The molecule has 1 aromatic rings. The van der Waals surface area contributed by atoms with Crippen molar-refractivity contribution in [3.05, 3.63) is 23.8 Å². The first-order chi connectivity index (χ1) is 9.88. The van der Waals surface area contributed by atoms with Gasteiger partial charge in [-0.25, -0.2) is 0 Å². The van der Waals surface area contributed by atoms with Crippen LogP contribution in [0.5, 0.6) is 11.5 Å². The van der Waals surface area contributed by atoms with Gasteiger partial charge in [-0.15, -0.1) is 0 Å². The maximum absolute atomic E-state index is 11.3. The second-order valence-electron chi connectivity index (χ2n) is 5.70. The average molecular weight is 294 g/mol. The van der Waals surface area contributed by atoms with Crippen molar-refractivity contribution in [2.24, 2.45) is 11.8 Å². The molecule has 0 saturated carbocycles. The van der Waals surface area contributed by atoms with E-state index < -0.39 is 12.4 Å². The third-order valence-corrected chi connectivity index (χ3v) is 3.87. The first-order valence-electron chi connectivity index (χ1n) is 7.13. The molecule has 1 aliphatic rings. The molecule has 0 amide bonds. The van der Waals surface area contributed by atoms with Gasteiger partial charge < -0.3 is 19.3 Å². The molecule has 4 atom stereocenters. The van der Waals surface area contributed by atoms with Gasteiger partial charge in [-0.05, 0) is 30.5 Å². The molecule has 1 fully saturated rings. The quantitative estimate of drug-likeness (QED) is 0.868. The monoisotopic (exact) mass is 294 g/mol. The number of carbonyl (C=O) groups is 1. The number of aryl methyl sites for hydroxylation is 1. The third-order valence-electron chi connectivity index (χ3n) is 3.87. The maximum Gasteiger partial charge on any atom is 0.303 e. The van der Waals surface area contributed by atoms with Crippen molar-refractivity contribution in [3.8, 4) is 11.5 Å². The van der Waals surface area contributed by atoms with E-state index in [2.05, 4.69) is 0 Å². The van der Waals surface area contributed by atoms with Crippen molar-refractivity contribution >= 4 is 5.97 Å². The highest BCUT2D eigenvalue weighted by molar-refractivity contribution is 5.66. The van der Waals surface area contributed by atoms with Crippen LogP contribution in [0.1, 0.15) is 26.3 Å². The van der Waals surface area contributed by atoms with E-state index in [0.29, 0.717) is 12.4 Å². The Bertz CT molecular complexity index is 513. The molecule has 2 rings (SSSR count). The second kappa shape index (κ2) is 6.35. The standard InChI is InChI=1S/C16H22O5/c1-9-5-6-13(18)14(7-9)21-16-15(20-12(4)17)11(3)10(2)8-19-16/h5-7,10-11,15-16,18H,8H2,1-4H3/t10-,11+,15-,16+/m1/s1. The molecule has 0 spiro atoms. The number of hydrogen-bond acceptors (Lipinski definition) is 5. The molecule has 0 bridgehead atoms. The number of rotatable bonds is 3. The zero-order valence-corrected chi connectivity index (χ0v) is 12.8. The third kappa shape index (κ3) is 3.67. The number of benzene rings is 1. The molecule has 0 aromatic heterocycles. The van der Waals surface area contributed by atoms with E-state index >= 15 is 0 Å². The van der Waals surface area contributed by atoms with Gasteiger partial charge in [-0.2, -0.15) is 0 Å². The van der Waals surface area contributed by atoms with Crippen LogP contribution in [-0.4, -0.2) is 30.1 Å². The summed E-state index contributed by atoms with van der Waals surface area (Å²) >= 11 is 0. The maximum atomic E-state index is 11.3. The van der Waals surface area contributed by atoms with Gasteiger partial charge in [0.05, 0.1) is 6.61 Å². The Morgan fingerprint density at radius 1 is 1.38 bits per heavy atom. The summed E-state index contributed by atoms with van der Waals surface area (Å²) in [6.45, 7) is 7.85. The first-order valence-corrected chi connectivity index (χ1v) is 7.13. The molecule has 1 aromatic carbocycles. The van der Waals surface area contributed by atoms with Crippen LogP contribution in [0.3, 0.4) is 0 Å². The Morgan fingerprint density at radius 3 is 2.76 bits per heavy atom. The minimum Gasteiger partial charge on any atom is -0.504 e. The highest BCUT2D eigenvalue weighted by Crippen LogP contribution is 2.33. The normalized spacial score (nSPS) is 29.0. The van der Waals surface area contributed by atoms with Gasteiger partial charge in [0, 0.05) is 12.8 Å². The fourth-order valence-corrected chi connectivity index (χ4v) is 2.36. The van der Waals surface area contributed by atoms with Crippen molar-refractivity contribution in [1.82, 2.24) is 0 Å². The van der Waals surface area contributed by atoms with Crippen LogP contribution >= 0.6 is 0 Å². The zero-order valence-electron chi connectivity index (χ0n) is 12.8. The average Bonchev–Trinajstić information content (AvgIpc) is 2.42. The SMILES string of the molecule is CC(=O)O[C@H]1[C@H](Oc2cc(C)ccc2O)OC[C@@H](C)[C@@H]1C. The molecular weight excluding hydrogens is 272 g/mol. The van der Waals surface area contributed by atoms with Crippen LogP contribution in [-0.2, 0) is 14.3 Å². The molecule has 116 valence electrons. The molecule has 1 saturated heterocycles. The van der Waals surface area contributed by atoms with Crippen molar-refractivity contribution in [1.29, 1.82) is 0 Å². The summed E-state index contributed by atoms with van der Waals surface area (Å²) < 4.78 is 16.8.